The van der Waals surface area contributed by atoms with Crippen molar-refractivity contribution in [1.82, 2.24) is 34.9 Å². The molecule has 0 aliphatic carbocycles. The van der Waals surface area contributed by atoms with Crippen molar-refractivity contribution in [3.63, 3.8) is 0 Å². The van der Waals surface area contributed by atoms with Gasteiger partial charge in [-0.05, 0) is 73.9 Å². The van der Waals surface area contributed by atoms with Crippen LogP contribution < -0.4 is 21.1 Å². The fraction of sp³-hybridized carbons (Fsp3) is 0.341. The molecule has 16 heteroatoms. The minimum absolute atomic E-state index is 0.0750. The van der Waals surface area contributed by atoms with Gasteiger partial charge in [-0.2, -0.15) is 5.10 Å². The average Bonchev–Trinajstić information content (AvgIpc) is 3.73. The van der Waals surface area contributed by atoms with Gasteiger partial charge in [0.25, 0.3) is 11.8 Å². The van der Waals surface area contributed by atoms with Crippen LogP contribution in [0.4, 0.5) is 11.5 Å². The topological polar surface area (TPSA) is 196 Å². The number of hydrogen-bond donors (Lipinski definition) is 3. The zero-order valence-electron chi connectivity index (χ0n) is 31.3. The molecule has 2 aromatic heterocycles. The average molecular weight is 774 g/mol. The number of piperidine rings is 2. The predicted molar refractivity (Wildman–Crippen MR) is 210 cm³/mol. The van der Waals surface area contributed by atoms with Gasteiger partial charge in [-0.25, -0.2) is 14.6 Å². The number of carbonyl (C=O) groups is 4. The maximum absolute atomic E-state index is 13.1. The molecule has 2 fully saturated rings. The summed E-state index contributed by atoms with van der Waals surface area (Å²) in [4.78, 5) is 62.0. The Morgan fingerprint density at radius 1 is 0.807 bits per heavy atom. The monoisotopic (exact) mass is 773 g/mol. The molecule has 16 nitrogen and oxygen atoms in total. The number of nitrogens with one attached hydrogen (secondary N) is 2. The van der Waals surface area contributed by atoms with Gasteiger partial charge in [-0.1, -0.05) is 18.2 Å². The lowest BCUT2D eigenvalue weighted by molar-refractivity contribution is -0.136. The fourth-order valence-corrected chi connectivity index (χ4v) is 7.51. The quantitative estimate of drug-likeness (QED) is 0.102. The second-order valence-electron chi connectivity index (χ2n) is 14.1. The lowest BCUT2D eigenvalue weighted by Crippen LogP contribution is -2.54. The van der Waals surface area contributed by atoms with Crippen LogP contribution in [-0.4, -0.2) is 112 Å². The van der Waals surface area contributed by atoms with E-state index < -0.39 is 29.7 Å². The molecule has 3 aromatic carbocycles. The van der Waals surface area contributed by atoms with E-state index in [0.29, 0.717) is 44.5 Å². The van der Waals surface area contributed by atoms with Gasteiger partial charge in [-0.3, -0.25) is 29.4 Å². The second kappa shape index (κ2) is 16.9. The number of carbonyl (C=O) groups excluding carboxylic acids is 4. The van der Waals surface area contributed by atoms with Gasteiger partial charge in [0.1, 0.15) is 35.4 Å². The van der Waals surface area contributed by atoms with Gasteiger partial charge >= 0.3 is 0 Å². The first kappa shape index (κ1) is 37.7. The Kier molecular flexibility index (Phi) is 11.2. The lowest BCUT2D eigenvalue weighted by atomic mass is 10.0. The minimum atomic E-state index is -0.994. The molecule has 4 N–H and O–H groups in total. The third kappa shape index (κ3) is 8.19. The van der Waals surface area contributed by atoms with Gasteiger partial charge in [0, 0.05) is 43.9 Å². The summed E-state index contributed by atoms with van der Waals surface area (Å²) in [6, 6.07) is 21.5. The lowest BCUT2D eigenvalue weighted by Gasteiger charge is -2.32. The molecule has 57 heavy (non-hydrogen) atoms. The molecule has 0 bridgehead atoms. The Morgan fingerprint density at radius 3 is 2.32 bits per heavy atom. The number of ether oxygens (including phenoxy) is 3. The molecule has 0 saturated carbocycles. The van der Waals surface area contributed by atoms with E-state index >= 15 is 0 Å². The van der Waals surface area contributed by atoms with Crippen molar-refractivity contribution in [3.8, 4) is 22.8 Å². The van der Waals surface area contributed by atoms with E-state index in [2.05, 4.69) is 25.5 Å². The van der Waals surface area contributed by atoms with Gasteiger partial charge in [0.2, 0.25) is 11.8 Å². The normalized spacial score (nSPS) is 17.6. The molecular formula is C41H43N9O7. The van der Waals surface area contributed by atoms with Crippen LogP contribution >= 0.6 is 0 Å². The third-order valence-corrected chi connectivity index (χ3v) is 10.5. The molecular weight excluding hydrogens is 731 g/mol. The first-order chi connectivity index (χ1) is 27.8. The molecule has 294 valence electrons. The Labute approximate surface area is 328 Å². The third-order valence-electron chi connectivity index (χ3n) is 10.5. The summed E-state index contributed by atoms with van der Waals surface area (Å²) in [7, 11) is 0. The predicted octanol–water partition coefficient (Wildman–Crippen LogP) is 4.05. The number of anilines is 2. The Bertz CT molecular complexity index is 2270. The largest absolute Gasteiger partial charge is 0.457 e. The number of nitrogen functional groups attached to an aromatic ring is 1. The number of aromatic nitrogens is 4. The number of amides is 4. The SMILES string of the molecule is Nc1ncnc2c1c(-c1ccc(Oc3ccccc3)cc1)nn2C1CCN(CCOCCOCCNc2ccc3c(c2)C(=O)N(C2CCC(=O)NC2=O)C3=O)CC1. The Morgan fingerprint density at radius 2 is 1.54 bits per heavy atom. The maximum Gasteiger partial charge on any atom is 0.262 e. The van der Waals surface area contributed by atoms with Gasteiger partial charge in [0.05, 0.1) is 49.0 Å². The van der Waals surface area contributed by atoms with Crippen molar-refractivity contribution >= 4 is 46.2 Å². The van der Waals surface area contributed by atoms with Crippen LogP contribution in [0.15, 0.2) is 79.1 Å². The summed E-state index contributed by atoms with van der Waals surface area (Å²) in [5.74, 6) is -0.214. The number of imide groups is 2. The van der Waals surface area contributed by atoms with Crippen LogP contribution in [0.25, 0.3) is 22.3 Å². The first-order valence-electron chi connectivity index (χ1n) is 19.1. The smallest absolute Gasteiger partial charge is 0.262 e. The van der Waals surface area contributed by atoms with E-state index in [1.165, 1.54) is 6.33 Å². The van der Waals surface area contributed by atoms with Crippen LogP contribution in [0.1, 0.15) is 52.4 Å². The number of nitrogens with zero attached hydrogens (tertiary/aromatic N) is 6. The zero-order chi connectivity index (χ0) is 39.3. The van der Waals surface area contributed by atoms with Gasteiger partial charge in [-0.15, -0.1) is 0 Å². The molecule has 1 atom stereocenters. The fourth-order valence-electron chi connectivity index (χ4n) is 7.51. The molecule has 1 unspecified atom stereocenters. The molecule has 2 saturated heterocycles. The summed E-state index contributed by atoms with van der Waals surface area (Å²) < 4.78 is 19.6. The van der Waals surface area contributed by atoms with Crippen LogP contribution in [0, 0.1) is 0 Å². The Hall–Kier alpha value is -6.23. The highest BCUT2D eigenvalue weighted by atomic mass is 16.5. The number of para-hydroxylation sites is 1. The van der Waals surface area contributed by atoms with E-state index in [1.54, 1.807) is 18.2 Å². The van der Waals surface area contributed by atoms with Crippen LogP contribution in [0.5, 0.6) is 11.5 Å². The first-order valence-corrected chi connectivity index (χ1v) is 19.1. The van der Waals surface area contributed by atoms with E-state index in [1.807, 2.05) is 59.3 Å². The number of hydrogen-bond acceptors (Lipinski definition) is 13. The molecule has 4 amide bonds. The number of rotatable bonds is 15. The standard InChI is InChI=1S/C41H43N9O7/c42-37-35-36(26-6-9-30(10-7-26)57-29-4-2-1-3-5-29)47-50(38(35)45-25-44-37)28-14-17-48(18-15-28)19-21-56-23-22-55-20-16-43-27-8-11-31-32(24-27)41(54)49(40(31)53)33-12-13-34(51)46-39(33)52/h1-11,24-25,28,33,43H,12-23H2,(H2,42,44,45)(H,46,51,52). The molecule has 5 heterocycles. The number of likely N-dealkylation sites (tertiary alicyclic amines) is 1. The highest BCUT2D eigenvalue weighted by Gasteiger charge is 2.44. The minimum Gasteiger partial charge on any atom is -0.457 e. The van der Waals surface area contributed by atoms with Crippen molar-refractivity contribution < 1.29 is 33.4 Å². The number of benzene rings is 3. The van der Waals surface area contributed by atoms with Crippen molar-refractivity contribution in [3.05, 3.63) is 90.3 Å². The van der Waals surface area contributed by atoms with E-state index in [0.717, 1.165) is 71.2 Å². The summed E-state index contributed by atoms with van der Waals surface area (Å²) in [5, 5.41) is 11.2. The maximum atomic E-state index is 13.1. The zero-order valence-corrected chi connectivity index (χ0v) is 31.3. The molecule has 3 aliphatic heterocycles. The molecule has 0 radical (unpaired) electrons. The van der Waals surface area contributed by atoms with Crippen LogP contribution in [-0.2, 0) is 19.1 Å². The van der Waals surface area contributed by atoms with Gasteiger partial charge in [0.15, 0.2) is 5.65 Å². The summed E-state index contributed by atoms with van der Waals surface area (Å²) in [6.45, 7) is 4.99. The number of fused-ring (bicyclic) bond motifs is 2. The van der Waals surface area contributed by atoms with Crippen molar-refractivity contribution in [2.75, 3.05) is 63.7 Å². The van der Waals surface area contributed by atoms with E-state index in [9.17, 15) is 19.2 Å². The number of nitrogens with two attached hydrogens (primary N) is 1. The van der Waals surface area contributed by atoms with Gasteiger partial charge < -0.3 is 30.2 Å². The van der Waals surface area contributed by atoms with Crippen LogP contribution in [0.2, 0.25) is 0 Å². The van der Waals surface area contributed by atoms with Crippen molar-refractivity contribution in [1.29, 1.82) is 0 Å². The summed E-state index contributed by atoms with van der Waals surface area (Å²) >= 11 is 0. The molecule has 0 spiro atoms. The van der Waals surface area contributed by atoms with Crippen LogP contribution in [0.3, 0.4) is 0 Å². The highest BCUT2D eigenvalue weighted by molar-refractivity contribution is 6.23. The van der Waals surface area contributed by atoms with E-state index in [4.69, 9.17) is 25.0 Å². The molecule has 5 aromatic rings. The van der Waals surface area contributed by atoms with Crippen molar-refractivity contribution in [2.24, 2.45) is 0 Å². The van der Waals surface area contributed by atoms with Crippen molar-refractivity contribution in [2.45, 2.75) is 37.8 Å². The van der Waals surface area contributed by atoms with E-state index in [-0.39, 0.29) is 30.0 Å². The summed E-state index contributed by atoms with van der Waals surface area (Å²) in [5.41, 5.74) is 9.90. The Balaban J connectivity index is 0.746. The second-order valence-corrected chi connectivity index (χ2v) is 14.1. The molecule has 3 aliphatic rings. The highest BCUT2D eigenvalue weighted by Crippen LogP contribution is 2.35. The summed E-state index contributed by atoms with van der Waals surface area (Å²) in [6.07, 6.45) is 3.50. The molecule has 8 rings (SSSR count).